The monoisotopic (exact) mass is 295 g/mol. The zero-order valence-electron chi connectivity index (χ0n) is 12.2. The van der Waals surface area contributed by atoms with E-state index < -0.39 is 11.4 Å². The fourth-order valence-electron chi connectivity index (χ4n) is 2.36. The molecule has 0 saturated heterocycles. The molecule has 1 heterocycles. The second-order valence-electron chi connectivity index (χ2n) is 5.57. The smallest absolute Gasteiger partial charge is 0.311 e. The van der Waals surface area contributed by atoms with Crippen LogP contribution in [0.1, 0.15) is 50.7 Å². The summed E-state index contributed by atoms with van der Waals surface area (Å²) in [4.78, 5) is 27.1. The number of amides is 1. The van der Waals surface area contributed by atoms with Crippen molar-refractivity contribution in [2.24, 2.45) is 5.41 Å². The summed E-state index contributed by atoms with van der Waals surface area (Å²) in [6.07, 6.45) is 4.48. The zero-order chi connectivity index (χ0) is 15.3. The van der Waals surface area contributed by atoms with Gasteiger partial charge in [-0.05, 0) is 19.3 Å². The average Bonchev–Trinajstić information content (AvgIpc) is 2.83. The Morgan fingerprint density at radius 1 is 1.38 bits per heavy atom. The van der Waals surface area contributed by atoms with Gasteiger partial charge in [0.05, 0.1) is 5.41 Å². The van der Waals surface area contributed by atoms with Crippen molar-refractivity contribution in [1.29, 1.82) is 0 Å². The Kier molecular flexibility index (Phi) is 4.93. The predicted molar refractivity (Wildman–Crippen MR) is 73.5 cm³/mol. The third-order valence-corrected chi connectivity index (χ3v) is 3.94. The molecule has 0 bridgehead atoms. The van der Waals surface area contributed by atoms with Crippen molar-refractivity contribution >= 4 is 11.9 Å². The van der Waals surface area contributed by atoms with Crippen molar-refractivity contribution in [3.63, 3.8) is 0 Å². The highest BCUT2D eigenvalue weighted by Crippen LogP contribution is 2.40. The lowest BCUT2D eigenvalue weighted by Gasteiger charge is -2.37. The SMILES string of the molecule is CCCc1noc(CCC(=O)NCC2(C(=O)O)CCC2)n1. The van der Waals surface area contributed by atoms with Gasteiger partial charge in [-0.15, -0.1) is 0 Å². The number of aryl methyl sites for hydroxylation is 2. The van der Waals surface area contributed by atoms with Crippen LogP contribution in [0.3, 0.4) is 0 Å². The molecule has 0 radical (unpaired) electrons. The number of carboxylic acid groups (broad SMARTS) is 1. The lowest BCUT2D eigenvalue weighted by Crippen LogP contribution is -2.47. The van der Waals surface area contributed by atoms with Gasteiger partial charge in [0.15, 0.2) is 5.82 Å². The Labute approximate surface area is 123 Å². The minimum atomic E-state index is -0.824. The molecule has 1 saturated carbocycles. The highest BCUT2D eigenvalue weighted by Gasteiger charge is 2.44. The van der Waals surface area contributed by atoms with Crippen LogP contribution >= 0.6 is 0 Å². The molecular formula is C14H21N3O4. The van der Waals surface area contributed by atoms with Gasteiger partial charge in [0, 0.05) is 25.8 Å². The van der Waals surface area contributed by atoms with Crippen molar-refractivity contribution in [3.8, 4) is 0 Å². The van der Waals surface area contributed by atoms with E-state index in [1.165, 1.54) is 0 Å². The number of rotatable bonds is 8. The van der Waals surface area contributed by atoms with Gasteiger partial charge >= 0.3 is 5.97 Å². The van der Waals surface area contributed by atoms with E-state index in [2.05, 4.69) is 15.5 Å². The first-order chi connectivity index (χ1) is 10.1. The summed E-state index contributed by atoms with van der Waals surface area (Å²) < 4.78 is 5.05. The van der Waals surface area contributed by atoms with E-state index in [1.54, 1.807) is 0 Å². The van der Waals surface area contributed by atoms with Crippen LogP contribution in [0.25, 0.3) is 0 Å². The zero-order valence-corrected chi connectivity index (χ0v) is 12.2. The van der Waals surface area contributed by atoms with Crippen molar-refractivity contribution in [2.75, 3.05) is 6.54 Å². The Bertz CT molecular complexity index is 508. The molecule has 7 heteroatoms. The summed E-state index contributed by atoms with van der Waals surface area (Å²) in [6, 6.07) is 0. The topological polar surface area (TPSA) is 105 Å². The van der Waals surface area contributed by atoms with Crippen molar-refractivity contribution < 1.29 is 19.2 Å². The molecule has 1 aliphatic carbocycles. The highest BCUT2D eigenvalue weighted by molar-refractivity contribution is 5.79. The van der Waals surface area contributed by atoms with Crippen molar-refractivity contribution in [3.05, 3.63) is 11.7 Å². The van der Waals surface area contributed by atoms with Crippen LogP contribution in [0.4, 0.5) is 0 Å². The second kappa shape index (κ2) is 6.69. The molecular weight excluding hydrogens is 274 g/mol. The molecule has 1 aromatic rings. The van der Waals surface area contributed by atoms with E-state index in [-0.39, 0.29) is 18.9 Å². The lowest BCUT2D eigenvalue weighted by atomic mass is 9.69. The maximum atomic E-state index is 11.8. The van der Waals surface area contributed by atoms with Crippen LogP contribution < -0.4 is 5.32 Å². The summed E-state index contributed by atoms with van der Waals surface area (Å²) in [5.74, 6) is 0.102. The van der Waals surface area contributed by atoms with Gasteiger partial charge in [0.2, 0.25) is 11.8 Å². The average molecular weight is 295 g/mol. The van der Waals surface area contributed by atoms with Gasteiger partial charge in [-0.25, -0.2) is 0 Å². The number of aliphatic carboxylic acids is 1. The second-order valence-corrected chi connectivity index (χ2v) is 5.57. The van der Waals surface area contributed by atoms with Crippen LogP contribution in [0, 0.1) is 5.41 Å². The van der Waals surface area contributed by atoms with Crippen LogP contribution in [0.2, 0.25) is 0 Å². The lowest BCUT2D eigenvalue weighted by molar-refractivity contribution is -0.154. The number of hydrogen-bond acceptors (Lipinski definition) is 5. The standard InChI is InChI=1S/C14H21N3O4/c1-2-4-10-16-12(21-17-10)6-5-11(18)15-9-14(13(19)20)7-3-8-14/h2-9H2,1H3,(H,15,18)(H,19,20). The first-order valence-electron chi connectivity index (χ1n) is 7.37. The first-order valence-corrected chi connectivity index (χ1v) is 7.37. The number of carbonyl (C=O) groups excluding carboxylic acids is 1. The van der Waals surface area contributed by atoms with Crippen molar-refractivity contribution in [1.82, 2.24) is 15.5 Å². The minimum absolute atomic E-state index is 0.183. The summed E-state index contributed by atoms with van der Waals surface area (Å²) in [5, 5.41) is 15.7. The minimum Gasteiger partial charge on any atom is -0.481 e. The third kappa shape index (κ3) is 3.80. The summed E-state index contributed by atoms with van der Waals surface area (Å²) in [7, 11) is 0. The normalized spacial score (nSPS) is 16.2. The highest BCUT2D eigenvalue weighted by atomic mass is 16.5. The van der Waals surface area contributed by atoms with E-state index in [0.717, 1.165) is 19.3 Å². The fraction of sp³-hybridized carbons (Fsp3) is 0.714. The van der Waals surface area contributed by atoms with Crippen LogP contribution in [0.15, 0.2) is 4.52 Å². The van der Waals surface area contributed by atoms with Gasteiger partial charge in [0.1, 0.15) is 0 Å². The maximum Gasteiger partial charge on any atom is 0.311 e. The molecule has 2 rings (SSSR count). The Balaban J connectivity index is 1.73. The first kappa shape index (κ1) is 15.5. The molecule has 116 valence electrons. The van der Waals surface area contributed by atoms with E-state index in [9.17, 15) is 14.7 Å². The van der Waals surface area contributed by atoms with Gasteiger partial charge < -0.3 is 14.9 Å². The number of nitrogens with one attached hydrogen (secondary N) is 1. The molecule has 2 N–H and O–H groups in total. The van der Waals surface area contributed by atoms with Gasteiger partial charge in [-0.2, -0.15) is 4.98 Å². The Hall–Kier alpha value is -1.92. The molecule has 0 spiro atoms. The molecule has 1 fully saturated rings. The third-order valence-electron chi connectivity index (χ3n) is 3.94. The largest absolute Gasteiger partial charge is 0.481 e. The van der Waals surface area contributed by atoms with Crippen LogP contribution in [-0.4, -0.2) is 33.7 Å². The van der Waals surface area contributed by atoms with E-state index in [4.69, 9.17) is 4.52 Å². The fourth-order valence-corrected chi connectivity index (χ4v) is 2.36. The molecule has 0 atom stereocenters. The number of carbonyl (C=O) groups is 2. The molecule has 0 unspecified atom stereocenters. The van der Waals surface area contributed by atoms with Crippen molar-refractivity contribution in [2.45, 2.75) is 51.9 Å². The van der Waals surface area contributed by atoms with E-state index >= 15 is 0 Å². The molecule has 7 nitrogen and oxygen atoms in total. The summed E-state index contributed by atoms with van der Waals surface area (Å²) in [5.41, 5.74) is -0.756. The molecule has 1 aliphatic rings. The van der Waals surface area contributed by atoms with E-state index in [1.807, 2.05) is 6.92 Å². The van der Waals surface area contributed by atoms with Gasteiger partial charge in [-0.1, -0.05) is 18.5 Å². The van der Waals surface area contributed by atoms with Gasteiger partial charge in [-0.3, -0.25) is 9.59 Å². The quantitative estimate of drug-likeness (QED) is 0.749. The Morgan fingerprint density at radius 2 is 2.14 bits per heavy atom. The van der Waals surface area contributed by atoms with E-state index in [0.29, 0.717) is 31.0 Å². The molecule has 1 amide bonds. The van der Waals surface area contributed by atoms with Crippen LogP contribution in [0.5, 0.6) is 0 Å². The summed E-state index contributed by atoms with van der Waals surface area (Å²) >= 11 is 0. The molecule has 0 aliphatic heterocycles. The van der Waals surface area contributed by atoms with Crippen LogP contribution in [-0.2, 0) is 22.4 Å². The predicted octanol–water partition coefficient (Wildman–Crippen LogP) is 1.33. The number of hydrogen-bond donors (Lipinski definition) is 2. The number of nitrogens with zero attached hydrogens (tertiary/aromatic N) is 2. The number of aromatic nitrogens is 2. The number of carboxylic acids is 1. The molecule has 1 aromatic heterocycles. The molecule has 21 heavy (non-hydrogen) atoms. The summed E-state index contributed by atoms with van der Waals surface area (Å²) in [6.45, 7) is 2.23. The molecule has 0 aromatic carbocycles. The van der Waals surface area contributed by atoms with Gasteiger partial charge in [0.25, 0.3) is 0 Å². The Morgan fingerprint density at radius 3 is 2.71 bits per heavy atom. The maximum absolute atomic E-state index is 11.8.